The van der Waals surface area contributed by atoms with E-state index < -0.39 is 0 Å². The Morgan fingerprint density at radius 2 is 2.11 bits per heavy atom. The van der Waals surface area contributed by atoms with Crippen molar-refractivity contribution in [2.24, 2.45) is 5.73 Å². The first kappa shape index (κ1) is 13.3. The highest BCUT2D eigenvalue weighted by atomic mass is 79.9. The van der Waals surface area contributed by atoms with Gasteiger partial charge in [-0.05, 0) is 24.3 Å². The Kier molecular flexibility index (Phi) is 4.58. The van der Waals surface area contributed by atoms with Gasteiger partial charge in [-0.2, -0.15) is 0 Å². The highest BCUT2D eigenvalue weighted by molar-refractivity contribution is 9.10. The van der Waals surface area contributed by atoms with Crippen LogP contribution in [0.2, 0.25) is 5.02 Å². The van der Waals surface area contributed by atoms with Gasteiger partial charge in [-0.25, -0.2) is 0 Å². The minimum absolute atomic E-state index is 0.412. The van der Waals surface area contributed by atoms with E-state index in [1.54, 1.807) is 6.20 Å². The van der Waals surface area contributed by atoms with E-state index >= 15 is 0 Å². The average Bonchev–Trinajstić information content (AvgIpc) is 2.38. The fraction of sp³-hybridized carbons (Fsp3) is 0.154. The van der Waals surface area contributed by atoms with Crippen LogP contribution in [0.3, 0.4) is 0 Å². The number of hydrogen-bond acceptors (Lipinski definition) is 3. The van der Waals surface area contributed by atoms with Gasteiger partial charge in [-0.1, -0.05) is 33.6 Å². The van der Waals surface area contributed by atoms with Crippen LogP contribution in [0.5, 0.6) is 5.75 Å². The summed E-state index contributed by atoms with van der Waals surface area (Å²) in [6.45, 7) is 0.842. The van der Waals surface area contributed by atoms with Crippen molar-refractivity contribution < 1.29 is 4.74 Å². The van der Waals surface area contributed by atoms with Crippen molar-refractivity contribution in [3.8, 4) is 5.75 Å². The van der Waals surface area contributed by atoms with E-state index in [4.69, 9.17) is 22.1 Å². The Morgan fingerprint density at radius 1 is 1.28 bits per heavy atom. The molecule has 0 unspecified atom stereocenters. The molecule has 0 aliphatic rings. The number of nitrogens with zero attached hydrogens (tertiary/aromatic N) is 1. The number of ether oxygens (including phenoxy) is 1. The summed E-state index contributed by atoms with van der Waals surface area (Å²) in [5.41, 5.74) is 7.24. The van der Waals surface area contributed by atoms with E-state index in [1.165, 1.54) is 0 Å². The number of hydrogen-bond donors (Lipinski definition) is 1. The van der Waals surface area contributed by atoms with Gasteiger partial charge < -0.3 is 10.5 Å². The second-order valence-corrected chi connectivity index (χ2v) is 5.04. The van der Waals surface area contributed by atoms with Crippen molar-refractivity contribution in [1.82, 2.24) is 4.98 Å². The Morgan fingerprint density at radius 3 is 2.72 bits per heavy atom. The minimum Gasteiger partial charge on any atom is -0.487 e. The first-order valence-corrected chi connectivity index (χ1v) is 6.58. The molecule has 0 aliphatic carbocycles. The number of aromatic nitrogens is 1. The molecule has 2 aromatic rings. The molecule has 3 nitrogen and oxygen atoms in total. The van der Waals surface area contributed by atoms with E-state index in [0.29, 0.717) is 23.9 Å². The molecule has 0 atom stereocenters. The molecule has 0 aliphatic heterocycles. The fourth-order valence-corrected chi connectivity index (χ4v) is 2.14. The summed E-state index contributed by atoms with van der Waals surface area (Å²) in [6, 6.07) is 9.39. The topological polar surface area (TPSA) is 48.1 Å². The molecule has 1 aromatic carbocycles. The molecule has 1 aromatic heterocycles. The second-order valence-electron chi connectivity index (χ2n) is 3.71. The first-order chi connectivity index (χ1) is 8.69. The summed E-state index contributed by atoms with van der Waals surface area (Å²) in [5.74, 6) is 0.700. The molecule has 0 saturated heterocycles. The van der Waals surface area contributed by atoms with Crippen LogP contribution in [0.15, 0.2) is 41.0 Å². The minimum atomic E-state index is 0.412. The number of nitrogens with two attached hydrogens (primary N) is 1. The van der Waals surface area contributed by atoms with Gasteiger partial charge in [0.2, 0.25) is 0 Å². The molecule has 1 heterocycles. The Bertz CT molecular complexity index is 531. The zero-order valence-electron chi connectivity index (χ0n) is 9.57. The van der Waals surface area contributed by atoms with Gasteiger partial charge in [0.05, 0.1) is 11.9 Å². The Labute approximate surface area is 119 Å². The smallest absolute Gasteiger partial charge is 0.138 e. The second kappa shape index (κ2) is 6.18. The predicted octanol–water partition coefficient (Wildman–Crippen LogP) is 3.54. The summed E-state index contributed by atoms with van der Waals surface area (Å²) in [7, 11) is 0. The molecular formula is C13H12BrClN2O. The van der Waals surface area contributed by atoms with Crippen LogP contribution in [-0.2, 0) is 13.2 Å². The molecule has 0 fully saturated rings. The lowest BCUT2D eigenvalue weighted by molar-refractivity contribution is 0.305. The first-order valence-electron chi connectivity index (χ1n) is 5.41. The molecule has 2 rings (SSSR count). The van der Waals surface area contributed by atoms with Crippen molar-refractivity contribution in [1.29, 1.82) is 0 Å². The quantitative estimate of drug-likeness (QED) is 0.934. The van der Waals surface area contributed by atoms with Crippen molar-refractivity contribution in [3.63, 3.8) is 0 Å². The third-order valence-electron chi connectivity index (χ3n) is 2.42. The average molecular weight is 328 g/mol. The number of benzene rings is 1. The number of halogens is 2. The van der Waals surface area contributed by atoms with Crippen LogP contribution < -0.4 is 10.5 Å². The SMILES string of the molecule is NCc1ccc(OCc2ccc(Br)cc2Cl)cn1. The molecule has 0 spiro atoms. The summed E-state index contributed by atoms with van der Waals surface area (Å²) in [4.78, 5) is 4.16. The van der Waals surface area contributed by atoms with Crippen molar-refractivity contribution in [2.45, 2.75) is 13.2 Å². The third kappa shape index (κ3) is 3.45. The van der Waals surface area contributed by atoms with Crippen molar-refractivity contribution in [2.75, 3.05) is 0 Å². The van der Waals surface area contributed by atoms with E-state index in [0.717, 1.165) is 15.7 Å². The summed E-state index contributed by atoms with van der Waals surface area (Å²) < 4.78 is 6.56. The standard InChI is InChI=1S/C13H12BrClN2O/c14-10-2-1-9(13(15)5-10)8-18-12-4-3-11(6-16)17-7-12/h1-5,7H,6,8,16H2. The normalized spacial score (nSPS) is 10.4. The summed E-state index contributed by atoms with van der Waals surface area (Å²) in [5, 5.41) is 0.677. The molecule has 18 heavy (non-hydrogen) atoms. The molecule has 5 heteroatoms. The molecule has 0 amide bonds. The van der Waals surface area contributed by atoms with Crippen LogP contribution >= 0.6 is 27.5 Å². The Hall–Kier alpha value is -1.10. The maximum Gasteiger partial charge on any atom is 0.138 e. The maximum atomic E-state index is 6.10. The number of pyridine rings is 1. The van der Waals surface area contributed by atoms with E-state index in [-0.39, 0.29) is 0 Å². The molecule has 0 saturated carbocycles. The molecule has 94 valence electrons. The predicted molar refractivity (Wildman–Crippen MR) is 75.6 cm³/mol. The maximum absolute atomic E-state index is 6.10. The molecule has 0 bridgehead atoms. The monoisotopic (exact) mass is 326 g/mol. The van der Waals surface area contributed by atoms with Gasteiger partial charge in [0.1, 0.15) is 12.4 Å². The van der Waals surface area contributed by atoms with Gasteiger partial charge in [0.15, 0.2) is 0 Å². The fourth-order valence-electron chi connectivity index (χ4n) is 1.42. The van der Waals surface area contributed by atoms with E-state index in [9.17, 15) is 0 Å². The lowest BCUT2D eigenvalue weighted by Gasteiger charge is -2.08. The van der Waals surface area contributed by atoms with Crippen LogP contribution in [0, 0.1) is 0 Å². The van der Waals surface area contributed by atoms with Gasteiger partial charge >= 0.3 is 0 Å². The largest absolute Gasteiger partial charge is 0.487 e. The molecule has 0 radical (unpaired) electrons. The molecule has 2 N–H and O–H groups in total. The highest BCUT2D eigenvalue weighted by Gasteiger charge is 2.02. The van der Waals surface area contributed by atoms with Gasteiger partial charge in [0.25, 0.3) is 0 Å². The van der Waals surface area contributed by atoms with Crippen LogP contribution in [0.4, 0.5) is 0 Å². The Balaban J connectivity index is 2.02. The van der Waals surface area contributed by atoms with E-state index in [2.05, 4.69) is 20.9 Å². The summed E-state index contributed by atoms with van der Waals surface area (Å²) >= 11 is 9.46. The zero-order valence-corrected chi connectivity index (χ0v) is 11.9. The third-order valence-corrected chi connectivity index (χ3v) is 3.26. The van der Waals surface area contributed by atoms with Crippen LogP contribution in [0.25, 0.3) is 0 Å². The van der Waals surface area contributed by atoms with Crippen LogP contribution in [-0.4, -0.2) is 4.98 Å². The number of rotatable bonds is 4. The molecular weight excluding hydrogens is 316 g/mol. The van der Waals surface area contributed by atoms with Crippen molar-refractivity contribution >= 4 is 27.5 Å². The lowest BCUT2D eigenvalue weighted by Crippen LogP contribution is -2.00. The van der Waals surface area contributed by atoms with Gasteiger partial charge in [0, 0.05) is 21.6 Å². The van der Waals surface area contributed by atoms with E-state index in [1.807, 2.05) is 30.3 Å². The van der Waals surface area contributed by atoms with Gasteiger partial charge in [-0.3, -0.25) is 4.98 Å². The highest BCUT2D eigenvalue weighted by Crippen LogP contribution is 2.22. The lowest BCUT2D eigenvalue weighted by atomic mass is 10.2. The summed E-state index contributed by atoms with van der Waals surface area (Å²) in [6.07, 6.45) is 1.66. The van der Waals surface area contributed by atoms with Crippen molar-refractivity contribution in [3.05, 3.63) is 57.3 Å². The van der Waals surface area contributed by atoms with Crippen LogP contribution in [0.1, 0.15) is 11.3 Å². The van der Waals surface area contributed by atoms with Gasteiger partial charge in [-0.15, -0.1) is 0 Å². The zero-order chi connectivity index (χ0) is 13.0.